The molecule has 1 saturated heterocycles. The first-order valence-corrected chi connectivity index (χ1v) is 20.7. The van der Waals surface area contributed by atoms with Crippen LogP contribution in [0.1, 0.15) is 41.3 Å². The predicted molar refractivity (Wildman–Crippen MR) is 153 cm³/mol. The molecule has 0 saturated carbocycles. The van der Waals surface area contributed by atoms with Crippen LogP contribution in [0, 0.1) is 0 Å². The van der Waals surface area contributed by atoms with Gasteiger partial charge in [-0.3, -0.25) is 29.4 Å². The van der Waals surface area contributed by atoms with E-state index in [1.165, 1.54) is 0 Å². The van der Waals surface area contributed by atoms with E-state index in [-0.39, 0.29) is 28.5 Å². The van der Waals surface area contributed by atoms with Gasteiger partial charge in [-0.2, -0.15) is 0 Å². The summed E-state index contributed by atoms with van der Waals surface area (Å²) in [6.45, 7) is 4.93. The van der Waals surface area contributed by atoms with Crippen molar-refractivity contribution in [3.05, 3.63) is 47.0 Å². The standard InChI is InChI=1S/C28H32N3O9.CH3.Tl/c1-28(40-16-15-39-14-13-38-12-11-37-10-9-29-18-32)8-7-19-3-2-4-20-24(19)21(17-28)27(36)31(26(20)35)22-5-6-23(33)30-25(22)34;;/h2-4,7-8,17,22H,5-6,9-16H2,1H3,(H,29,32)(H,30,33,34);1H3;. The molecule has 1 aromatic rings. The van der Waals surface area contributed by atoms with Crippen LogP contribution in [0.15, 0.2) is 30.4 Å². The summed E-state index contributed by atoms with van der Waals surface area (Å²) in [5, 5.41) is 5.05. The first-order valence-electron chi connectivity index (χ1n) is 14.0. The number of carbonyl (C=O) groups excluding carboxylic acids is 5. The molecule has 223 valence electrons. The Morgan fingerprint density at radius 1 is 1.02 bits per heavy atom. The summed E-state index contributed by atoms with van der Waals surface area (Å²) in [5.74, 6) is -2.25. The van der Waals surface area contributed by atoms with Gasteiger partial charge >= 0.3 is 103 Å². The van der Waals surface area contributed by atoms with Gasteiger partial charge < -0.3 is 4.74 Å². The molecule has 2 N–H and O–H groups in total. The van der Waals surface area contributed by atoms with Crippen molar-refractivity contribution in [1.29, 1.82) is 0 Å². The Kier molecular flexibility index (Phi) is 11.5. The molecule has 0 aromatic heterocycles. The Balaban J connectivity index is 1.28. The Morgan fingerprint density at radius 3 is 2.40 bits per heavy atom. The van der Waals surface area contributed by atoms with E-state index in [2.05, 4.69) is 10.6 Å². The number of imide groups is 2. The Labute approximate surface area is 256 Å². The smallest absolute Gasteiger partial charge is 0.365 e. The van der Waals surface area contributed by atoms with Gasteiger partial charge in [0, 0.05) is 23.1 Å². The summed E-state index contributed by atoms with van der Waals surface area (Å²) < 4.78 is 24.8. The molecule has 0 bridgehead atoms. The average molecular weight is 774 g/mol. The van der Waals surface area contributed by atoms with Crippen LogP contribution in [0.25, 0.3) is 11.6 Å². The van der Waals surface area contributed by atoms with E-state index in [9.17, 15) is 24.0 Å². The van der Waals surface area contributed by atoms with Crippen molar-refractivity contribution in [2.45, 2.75) is 35.9 Å². The first kappa shape index (κ1) is 32.1. The van der Waals surface area contributed by atoms with Crippen LogP contribution in [-0.2, 0) is 33.3 Å². The maximum atomic E-state index is 13.7. The maximum absolute atomic E-state index is 13.7. The minimum Gasteiger partial charge on any atom is -0.365 e. The second kappa shape index (κ2) is 15.1. The normalized spacial score (nSPS) is 21.3. The van der Waals surface area contributed by atoms with Gasteiger partial charge in [-0.05, 0) is 37.1 Å². The summed E-state index contributed by atoms with van der Waals surface area (Å²) in [4.78, 5) is 63.6. The summed E-state index contributed by atoms with van der Waals surface area (Å²) >= 11 is -1.22. The van der Waals surface area contributed by atoms with Crippen LogP contribution in [0.5, 0.6) is 0 Å². The van der Waals surface area contributed by atoms with E-state index < -0.39 is 59.5 Å². The molecule has 2 heterocycles. The van der Waals surface area contributed by atoms with Gasteiger partial charge in [0.05, 0.1) is 6.61 Å². The molecule has 0 spiro atoms. The van der Waals surface area contributed by atoms with Gasteiger partial charge in [-0.15, -0.1) is 0 Å². The van der Waals surface area contributed by atoms with Gasteiger partial charge in [0.25, 0.3) is 11.8 Å². The van der Waals surface area contributed by atoms with Crippen LogP contribution in [-0.4, -0.2) is 121 Å². The fraction of sp³-hybridized carbons (Fsp3) is 0.483. The van der Waals surface area contributed by atoms with Crippen LogP contribution < -0.4 is 10.6 Å². The van der Waals surface area contributed by atoms with Crippen LogP contribution >= 0.6 is 0 Å². The average Bonchev–Trinajstić information content (AvgIpc) is 3.12. The molecular weight excluding hydrogens is 739 g/mol. The number of ether oxygens (including phenoxy) is 4. The molecule has 1 fully saturated rings. The molecule has 2 unspecified atom stereocenters. The van der Waals surface area contributed by atoms with E-state index in [0.29, 0.717) is 62.9 Å². The second-order valence-electron chi connectivity index (χ2n) is 10.1. The van der Waals surface area contributed by atoms with Crippen molar-refractivity contribution < 1.29 is 42.9 Å². The van der Waals surface area contributed by atoms with Crippen molar-refractivity contribution in [2.75, 3.05) is 52.8 Å². The van der Waals surface area contributed by atoms with E-state index >= 15 is 0 Å². The molecule has 13 heteroatoms. The zero-order valence-corrected chi connectivity index (χ0v) is 28.3. The predicted octanol–water partition coefficient (Wildman–Crippen LogP) is 1.17. The number of rotatable bonds is 15. The summed E-state index contributed by atoms with van der Waals surface area (Å²) in [5.41, 5.74) is 0.794. The fourth-order valence-electron chi connectivity index (χ4n) is 4.88. The van der Waals surface area contributed by atoms with Crippen molar-refractivity contribution in [3.8, 4) is 0 Å². The van der Waals surface area contributed by atoms with Crippen LogP contribution in [0.2, 0.25) is 4.48 Å². The van der Waals surface area contributed by atoms with E-state index in [4.69, 9.17) is 18.9 Å². The molecule has 42 heavy (non-hydrogen) atoms. The number of hydrogen-bond donors (Lipinski definition) is 2. The molecule has 0 radical (unpaired) electrons. The fourth-order valence-corrected chi connectivity index (χ4v) is 6.24. The minimum absolute atomic E-state index is 0.0439. The number of nitrogens with one attached hydrogen (secondary N) is 2. The van der Waals surface area contributed by atoms with Gasteiger partial charge in [-0.1, -0.05) is 18.2 Å². The van der Waals surface area contributed by atoms with E-state index in [1.807, 2.05) is 29.6 Å². The SMILES string of the molecule is [CH3][Tl][C](=O)NCCOCCOCCOCCOC1(C)C=Cc2cccc3c2C(=C1)C(=O)N(C1CCC(=O)NC1=O)C3=O. The van der Waals surface area contributed by atoms with Crippen molar-refractivity contribution in [3.63, 3.8) is 0 Å². The van der Waals surface area contributed by atoms with Gasteiger partial charge in [0.15, 0.2) is 0 Å². The third-order valence-corrected chi connectivity index (χ3v) is 9.84. The Hall–Kier alpha value is -2.79. The quantitative estimate of drug-likeness (QED) is 0.152. The van der Waals surface area contributed by atoms with Crippen molar-refractivity contribution in [1.82, 2.24) is 15.5 Å². The number of piperidine rings is 1. The topological polar surface area (TPSA) is 150 Å². The molecule has 5 amide bonds. The molecule has 2 atom stereocenters. The first-order chi connectivity index (χ1) is 20.2. The minimum atomic E-state index is -1.22. The van der Waals surface area contributed by atoms with E-state index in [0.717, 1.165) is 4.90 Å². The zero-order chi connectivity index (χ0) is 30.1. The van der Waals surface area contributed by atoms with Gasteiger partial charge in [0.1, 0.15) is 11.6 Å². The molecule has 4 rings (SSSR count). The molecule has 1 aliphatic carbocycles. The van der Waals surface area contributed by atoms with Gasteiger partial charge in [0.2, 0.25) is 11.8 Å². The van der Waals surface area contributed by atoms with Crippen LogP contribution in [0.4, 0.5) is 4.79 Å². The molecular formula is C29H35N3O9Tl. The third-order valence-electron chi connectivity index (χ3n) is 7.00. The number of carbonyl (C=O) groups is 5. The number of nitrogens with zero attached hydrogens (tertiary/aromatic N) is 1. The second-order valence-corrected chi connectivity index (χ2v) is 14.3. The summed E-state index contributed by atoms with van der Waals surface area (Å²) in [7, 11) is 0. The van der Waals surface area contributed by atoms with E-state index in [1.54, 1.807) is 18.2 Å². The van der Waals surface area contributed by atoms with Crippen molar-refractivity contribution >= 4 is 63.0 Å². The monoisotopic (exact) mass is 774 g/mol. The summed E-state index contributed by atoms with van der Waals surface area (Å²) in [6, 6.07) is 4.11. The number of hydrogen-bond acceptors (Lipinski definition) is 9. The molecule has 12 nitrogen and oxygen atoms in total. The Bertz CT molecular complexity index is 1280. The third kappa shape index (κ3) is 7.98. The zero-order valence-electron chi connectivity index (χ0n) is 23.8. The molecule has 2 aliphatic heterocycles. The Morgan fingerprint density at radius 2 is 1.71 bits per heavy atom. The molecule has 1 aromatic carbocycles. The molecule has 3 aliphatic rings. The van der Waals surface area contributed by atoms with Crippen LogP contribution in [0.3, 0.4) is 0 Å². The number of benzene rings is 1. The number of amides is 5. The van der Waals surface area contributed by atoms with Crippen molar-refractivity contribution in [2.24, 2.45) is 0 Å². The van der Waals surface area contributed by atoms with Gasteiger partial charge in [-0.25, -0.2) is 0 Å². The summed E-state index contributed by atoms with van der Waals surface area (Å²) in [6.07, 6.45) is 5.43.